The molecule has 0 aliphatic carbocycles. The van der Waals surface area contributed by atoms with Crippen molar-refractivity contribution < 1.29 is 19.1 Å². The van der Waals surface area contributed by atoms with Crippen LogP contribution in [-0.2, 0) is 25.5 Å². The Morgan fingerprint density at radius 2 is 1.96 bits per heavy atom. The Labute approximate surface area is 157 Å². The van der Waals surface area contributed by atoms with Crippen LogP contribution in [0.3, 0.4) is 0 Å². The molecule has 26 heavy (non-hydrogen) atoms. The number of hydrogen-bond acceptors (Lipinski definition) is 5. The van der Waals surface area contributed by atoms with Crippen molar-refractivity contribution in [1.82, 2.24) is 14.7 Å². The molecule has 0 saturated carbocycles. The highest BCUT2D eigenvalue weighted by Gasteiger charge is 2.37. The monoisotopic (exact) mass is 379 g/mol. The molecule has 1 aromatic rings. The third-order valence-electron chi connectivity index (χ3n) is 4.98. The normalized spacial score (nSPS) is 20.7. The van der Waals surface area contributed by atoms with E-state index in [0.29, 0.717) is 52.3 Å². The van der Waals surface area contributed by atoms with Gasteiger partial charge in [-0.1, -0.05) is 6.07 Å². The van der Waals surface area contributed by atoms with E-state index in [1.807, 2.05) is 22.4 Å². The molecule has 0 aromatic carbocycles. The van der Waals surface area contributed by atoms with E-state index in [-0.39, 0.29) is 30.1 Å². The van der Waals surface area contributed by atoms with Gasteiger partial charge in [-0.25, -0.2) is 0 Å². The number of amides is 3. The van der Waals surface area contributed by atoms with Crippen molar-refractivity contribution >= 4 is 29.1 Å². The van der Waals surface area contributed by atoms with Crippen molar-refractivity contribution in [3.05, 3.63) is 22.4 Å². The molecule has 0 spiro atoms. The van der Waals surface area contributed by atoms with Gasteiger partial charge in [0.15, 0.2) is 0 Å². The zero-order valence-electron chi connectivity index (χ0n) is 15.1. The minimum absolute atomic E-state index is 0.0187. The fourth-order valence-corrected chi connectivity index (χ4v) is 4.16. The summed E-state index contributed by atoms with van der Waals surface area (Å²) in [6.45, 7) is 3.68. The maximum Gasteiger partial charge on any atom is 0.228 e. The van der Waals surface area contributed by atoms with Gasteiger partial charge in [0.2, 0.25) is 17.7 Å². The summed E-state index contributed by atoms with van der Waals surface area (Å²) >= 11 is 1.59. The van der Waals surface area contributed by atoms with Crippen LogP contribution in [0.15, 0.2) is 17.5 Å². The number of thiophene rings is 1. The molecule has 142 valence electrons. The number of methoxy groups -OCH3 is 1. The summed E-state index contributed by atoms with van der Waals surface area (Å²) in [5.74, 6) is -0.108. The lowest BCUT2D eigenvalue weighted by Crippen LogP contribution is -2.52. The largest absolute Gasteiger partial charge is 0.383 e. The molecule has 1 aromatic heterocycles. The van der Waals surface area contributed by atoms with Crippen LogP contribution in [-0.4, -0.2) is 85.4 Å². The van der Waals surface area contributed by atoms with E-state index in [0.717, 1.165) is 4.88 Å². The van der Waals surface area contributed by atoms with Crippen molar-refractivity contribution in [1.29, 1.82) is 0 Å². The first-order valence-electron chi connectivity index (χ1n) is 8.94. The molecule has 7 nitrogen and oxygen atoms in total. The summed E-state index contributed by atoms with van der Waals surface area (Å²) in [6, 6.07) is 3.91. The van der Waals surface area contributed by atoms with Crippen LogP contribution in [0.1, 0.15) is 11.3 Å². The number of piperazine rings is 1. The van der Waals surface area contributed by atoms with E-state index < -0.39 is 0 Å². The van der Waals surface area contributed by atoms with Gasteiger partial charge in [-0.05, 0) is 11.4 Å². The number of nitrogens with zero attached hydrogens (tertiary/aromatic N) is 3. The van der Waals surface area contributed by atoms with Crippen LogP contribution in [0.5, 0.6) is 0 Å². The van der Waals surface area contributed by atoms with Gasteiger partial charge in [0.1, 0.15) is 0 Å². The van der Waals surface area contributed by atoms with Gasteiger partial charge >= 0.3 is 0 Å². The van der Waals surface area contributed by atoms with Crippen molar-refractivity contribution in [3.8, 4) is 0 Å². The Morgan fingerprint density at radius 3 is 2.62 bits per heavy atom. The van der Waals surface area contributed by atoms with Gasteiger partial charge in [0.05, 0.1) is 18.9 Å². The molecule has 0 N–H and O–H groups in total. The van der Waals surface area contributed by atoms with Crippen molar-refractivity contribution in [2.75, 3.05) is 53.0 Å². The summed E-state index contributed by atoms with van der Waals surface area (Å²) in [7, 11) is 1.60. The Balaban J connectivity index is 1.46. The quantitative estimate of drug-likeness (QED) is 0.720. The molecular weight excluding hydrogens is 354 g/mol. The van der Waals surface area contributed by atoms with Crippen LogP contribution >= 0.6 is 11.3 Å². The molecular formula is C18H25N3O4S. The zero-order chi connectivity index (χ0) is 18.5. The lowest BCUT2D eigenvalue weighted by atomic mass is 10.1. The minimum Gasteiger partial charge on any atom is -0.383 e. The molecule has 2 aliphatic rings. The summed E-state index contributed by atoms with van der Waals surface area (Å²) in [4.78, 5) is 43.5. The average Bonchev–Trinajstić information content (AvgIpc) is 3.29. The molecule has 2 fully saturated rings. The first-order chi connectivity index (χ1) is 12.6. The summed E-state index contributed by atoms with van der Waals surface area (Å²) in [5.41, 5.74) is 0. The van der Waals surface area contributed by atoms with Crippen molar-refractivity contribution in [3.63, 3.8) is 0 Å². The molecule has 0 radical (unpaired) electrons. The smallest absolute Gasteiger partial charge is 0.228 e. The Bertz CT molecular complexity index is 641. The second kappa shape index (κ2) is 8.64. The third-order valence-corrected chi connectivity index (χ3v) is 5.86. The maximum absolute atomic E-state index is 12.7. The molecule has 3 heterocycles. The number of ether oxygens (including phenoxy) is 1. The topological polar surface area (TPSA) is 70.2 Å². The van der Waals surface area contributed by atoms with Crippen molar-refractivity contribution in [2.24, 2.45) is 5.92 Å². The second-order valence-electron chi connectivity index (χ2n) is 6.70. The first kappa shape index (κ1) is 18.8. The molecule has 2 aliphatic heterocycles. The Hall–Kier alpha value is -1.93. The van der Waals surface area contributed by atoms with Crippen LogP contribution in [0.4, 0.5) is 0 Å². The predicted molar refractivity (Wildman–Crippen MR) is 97.7 cm³/mol. The van der Waals surface area contributed by atoms with E-state index in [2.05, 4.69) is 0 Å². The minimum atomic E-state index is -0.271. The summed E-state index contributed by atoms with van der Waals surface area (Å²) in [5, 5.41) is 1.97. The highest BCUT2D eigenvalue weighted by molar-refractivity contribution is 7.10. The third kappa shape index (κ3) is 4.42. The van der Waals surface area contributed by atoms with Gasteiger partial charge in [-0.15, -0.1) is 11.3 Å². The van der Waals surface area contributed by atoms with E-state index >= 15 is 0 Å². The number of carbonyl (C=O) groups is 3. The van der Waals surface area contributed by atoms with Gasteiger partial charge in [-0.2, -0.15) is 0 Å². The molecule has 3 amide bonds. The standard InChI is InChI=1S/C18H25N3O4S/c1-25-9-8-21-13-14(11-16(21)22)18(24)20-6-4-19(5-7-20)17(23)12-15-3-2-10-26-15/h2-3,10,14H,4-9,11-13H2,1H3. The number of likely N-dealkylation sites (tertiary alicyclic amines) is 1. The summed E-state index contributed by atoms with van der Waals surface area (Å²) in [6.07, 6.45) is 0.706. The van der Waals surface area contributed by atoms with Crippen LogP contribution < -0.4 is 0 Å². The molecule has 0 bridgehead atoms. The highest BCUT2D eigenvalue weighted by atomic mass is 32.1. The Kier molecular flexibility index (Phi) is 6.26. The molecule has 2 saturated heterocycles. The molecule has 8 heteroatoms. The predicted octanol–water partition coefficient (Wildman–Crippen LogP) is 0.456. The zero-order valence-corrected chi connectivity index (χ0v) is 15.9. The molecule has 1 atom stereocenters. The fraction of sp³-hybridized carbons (Fsp3) is 0.611. The number of carbonyl (C=O) groups excluding carboxylic acids is 3. The average molecular weight is 379 g/mol. The second-order valence-corrected chi connectivity index (χ2v) is 7.73. The first-order valence-corrected chi connectivity index (χ1v) is 9.82. The van der Waals surface area contributed by atoms with E-state index in [9.17, 15) is 14.4 Å². The van der Waals surface area contributed by atoms with Gasteiger partial charge < -0.3 is 19.4 Å². The van der Waals surface area contributed by atoms with E-state index in [4.69, 9.17) is 4.74 Å². The summed E-state index contributed by atoms with van der Waals surface area (Å²) < 4.78 is 5.01. The number of rotatable bonds is 6. The highest BCUT2D eigenvalue weighted by Crippen LogP contribution is 2.21. The molecule has 1 unspecified atom stereocenters. The lowest BCUT2D eigenvalue weighted by molar-refractivity contribution is -0.141. The van der Waals surface area contributed by atoms with Crippen molar-refractivity contribution in [2.45, 2.75) is 12.8 Å². The Morgan fingerprint density at radius 1 is 1.23 bits per heavy atom. The maximum atomic E-state index is 12.7. The number of hydrogen-bond donors (Lipinski definition) is 0. The van der Waals surface area contributed by atoms with Gasteiger partial charge in [0.25, 0.3) is 0 Å². The lowest BCUT2D eigenvalue weighted by Gasteiger charge is -2.36. The van der Waals surface area contributed by atoms with Crippen LogP contribution in [0.25, 0.3) is 0 Å². The fourth-order valence-electron chi connectivity index (χ4n) is 3.46. The van der Waals surface area contributed by atoms with Gasteiger partial charge in [0, 0.05) is 57.7 Å². The molecule has 3 rings (SSSR count). The van der Waals surface area contributed by atoms with E-state index in [1.54, 1.807) is 28.2 Å². The SMILES string of the molecule is COCCN1CC(C(=O)N2CCN(C(=O)Cc3cccs3)CC2)CC1=O. The van der Waals surface area contributed by atoms with Gasteiger partial charge in [-0.3, -0.25) is 14.4 Å². The van der Waals surface area contributed by atoms with E-state index in [1.165, 1.54) is 0 Å². The van der Waals surface area contributed by atoms with Crippen LogP contribution in [0.2, 0.25) is 0 Å². The van der Waals surface area contributed by atoms with Crippen LogP contribution in [0, 0.1) is 5.92 Å².